The molecule has 19 heavy (non-hydrogen) atoms. The summed E-state index contributed by atoms with van der Waals surface area (Å²) >= 11 is 0. The Bertz CT molecular complexity index is 299. The molecule has 1 rings (SSSR count). The summed E-state index contributed by atoms with van der Waals surface area (Å²) in [4.78, 5) is 25.8. The van der Waals surface area contributed by atoms with Crippen LogP contribution in [0.1, 0.15) is 33.6 Å². The van der Waals surface area contributed by atoms with Crippen molar-refractivity contribution >= 4 is 11.8 Å². The van der Waals surface area contributed by atoms with E-state index in [1.807, 2.05) is 25.7 Å². The minimum atomic E-state index is 0.0148. The Morgan fingerprint density at radius 1 is 1.21 bits per heavy atom. The smallest absolute Gasteiger partial charge is 0.226 e. The van der Waals surface area contributed by atoms with Gasteiger partial charge >= 0.3 is 0 Å². The molecule has 1 atom stereocenters. The number of carbonyl (C=O) groups excluding carboxylic acids is 2. The van der Waals surface area contributed by atoms with Gasteiger partial charge in [0.05, 0.1) is 0 Å². The topological polar surface area (TPSA) is 61.4 Å². The summed E-state index contributed by atoms with van der Waals surface area (Å²) in [7, 11) is 0. The Kier molecular flexibility index (Phi) is 6.84. The van der Waals surface area contributed by atoms with E-state index in [0.29, 0.717) is 19.6 Å². The lowest BCUT2D eigenvalue weighted by Crippen LogP contribution is -2.46. The van der Waals surface area contributed by atoms with Crippen molar-refractivity contribution in [3.8, 4) is 0 Å². The van der Waals surface area contributed by atoms with Crippen LogP contribution >= 0.6 is 0 Å². The first-order valence-electron chi connectivity index (χ1n) is 7.37. The van der Waals surface area contributed by atoms with Crippen LogP contribution in [0, 0.1) is 11.8 Å². The fourth-order valence-electron chi connectivity index (χ4n) is 2.44. The highest BCUT2D eigenvalue weighted by Crippen LogP contribution is 2.18. The predicted octanol–water partition coefficient (Wildman–Crippen LogP) is 0.607. The Morgan fingerprint density at radius 3 is 2.37 bits per heavy atom. The molecule has 110 valence electrons. The maximum atomic E-state index is 12.2. The molecule has 0 spiro atoms. The molecule has 1 fully saturated rings. The van der Waals surface area contributed by atoms with Crippen molar-refractivity contribution in [2.45, 2.75) is 33.6 Å². The first-order chi connectivity index (χ1) is 9.10. The molecule has 5 nitrogen and oxygen atoms in total. The van der Waals surface area contributed by atoms with Crippen LogP contribution in [0.5, 0.6) is 0 Å². The summed E-state index contributed by atoms with van der Waals surface area (Å²) in [5.74, 6) is 0.430. The third kappa shape index (κ3) is 4.82. The third-order valence-electron chi connectivity index (χ3n) is 3.65. The number of rotatable bonds is 6. The number of amides is 2. The monoisotopic (exact) mass is 269 g/mol. The van der Waals surface area contributed by atoms with Crippen molar-refractivity contribution < 1.29 is 9.59 Å². The zero-order valence-electron chi connectivity index (χ0n) is 12.4. The van der Waals surface area contributed by atoms with Gasteiger partial charge < -0.3 is 15.5 Å². The van der Waals surface area contributed by atoms with Crippen molar-refractivity contribution in [3.05, 3.63) is 0 Å². The number of piperidine rings is 1. The lowest BCUT2D eigenvalue weighted by Gasteiger charge is -2.33. The molecule has 1 saturated heterocycles. The Labute approximate surface area is 116 Å². The molecule has 2 amide bonds. The maximum Gasteiger partial charge on any atom is 0.226 e. The van der Waals surface area contributed by atoms with E-state index in [2.05, 4.69) is 10.6 Å². The molecule has 2 N–H and O–H groups in total. The first kappa shape index (κ1) is 16.0. The maximum absolute atomic E-state index is 12.2. The lowest BCUT2D eigenvalue weighted by atomic mass is 9.95. The van der Waals surface area contributed by atoms with Crippen molar-refractivity contribution in [2.75, 3.05) is 32.7 Å². The summed E-state index contributed by atoms with van der Waals surface area (Å²) in [6.45, 7) is 9.63. The number of hydrogen-bond donors (Lipinski definition) is 2. The fraction of sp³-hybridized carbons (Fsp3) is 0.857. The van der Waals surface area contributed by atoms with Crippen LogP contribution in [0.2, 0.25) is 0 Å². The van der Waals surface area contributed by atoms with Gasteiger partial charge in [0, 0.05) is 38.0 Å². The van der Waals surface area contributed by atoms with Crippen molar-refractivity contribution in [2.24, 2.45) is 11.8 Å². The Morgan fingerprint density at radius 2 is 1.84 bits per heavy atom. The standard InChI is InChI=1S/C14H27N3O2/c1-4-15-10-11(3)14(19)17-8-6-12(7-9-17)13(18)16-5-2/h11-12,15H,4-10H2,1-3H3,(H,16,18). The van der Waals surface area contributed by atoms with Gasteiger partial charge in [-0.15, -0.1) is 0 Å². The SMILES string of the molecule is CCNCC(C)C(=O)N1CCC(C(=O)NCC)CC1. The van der Waals surface area contributed by atoms with E-state index in [-0.39, 0.29) is 23.7 Å². The largest absolute Gasteiger partial charge is 0.356 e. The molecule has 0 aromatic rings. The van der Waals surface area contributed by atoms with Crippen molar-refractivity contribution in [1.82, 2.24) is 15.5 Å². The zero-order chi connectivity index (χ0) is 14.3. The van der Waals surface area contributed by atoms with Crippen LogP contribution in [0.3, 0.4) is 0 Å². The normalized spacial score (nSPS) is 18.2. The summed E-state index contributed by atoms with van der Waals surface area (Å²) in [6.07, 6.45) is 1.57. The second-order valence-electron chi connectivity index (χ2n) is 5.20. The van der Waals surface area contributed by atoms with Gasteiger partial charge in [-0.3, -0.25) is 9.59 Å². The molecular weight excluding hydrogens is 242 g/mol. The van der Waals surface area contributed by atoms with Gasteiger partial charge in [-0.25, -0.2) is 0 Å². The van der Waals surface area contributed by atoms with E-state index in [0.717, 1.165) is 25.9 Å². The molecular formula is C14H27N3O2. The number of hydrogen-bond acceptors (Lipinski definition) is 3. The molecule has 0 aliphatic carbocycles. The van der Waals surface area contributed by atoms with E-state index in [1.54, 1.807) is 0 Å². The average molecular weight is 269 g/mol. The zero-order valence-corrected chi connectivity index (χ0v) is 12.4. The summed E-state index contributed by atoms with van der Waals surface area (Å²) in [6, 6.07) is 0. The van der Waals surface area contributed by atoms with Crippen molar-refractivity contribution in [3.63, 3.8) is 0 Å². The Balaban J connectivity index is 2.36. The molecule has 1 aliphatic heterocycles. The highest BCUT2D eigenvalue weighted by Gasteiger charge is 2.28. The molecule has 0 saturated carbocycles. The molecule has 1 heterocycles. The quantitative estimate of drug-likeness (QED) is 0.742. The molecule has 0 aromatic carbocycles. The summed E-state index contributed by atoms with van der Waals surface area (Å²) in [5.41, 5.74) is 0. The van der Waals surface area contributed by atoms with E-state index in [9.17, 15) is 9.59 Å². The minimum absolute atomic E-state index is 0.0148. The molecule has 1 unspecified atom stereocenters. The highest BCUT2D eigenvalue weighted by atomic mass is 16.2. The van der Waals surface area contributed by atoms with Gasteiger partial charge in [-0.1, -0.05) is 13.8 Å². The highest BCUT2D eigenvalue weighted by molar-refractivity contribution is 5.81. The van der Waals surface area contributed by atoms with Crippen LogP contribution < -0.4 is 10.6 Å². The van der Waals surface area contributed by atoms with Gasteiger partial charge in [0.1, 0.15) is 0 Å². The fourth-order valence-corrected chi connectivity index (χ4v) is 2.44. The molecule has 0 aromatic heterocycles. The van der Waals surface area contributed by atoms with Gasteiger partial charge in [-0.05, 0) is 26.3 Å². The molecule has 1 aliphatic rings. The van der Waals surface area contributed by atoms with E-state index in [1.165, 1.54) is 0 Å². The molecule has 0 radical (unpaired) electrons. The van der Waals surface area contributed by atoms with Gasteiger partial charge in [0.15, 0.2) is 0 Å². The summed E-state index contributed by atoms with van der Waals surface area (Å²) < 4.78 is 0. The van der Waals surface area contributed by atoms with Crippen LogP contribution in [0.25, 0.3) is 0 Å². The van der Waals surface area contributed by atoms with Gasteiger partial charge in [0.25, 0.3) is 0 Å². The molecule has 5 heteroatoms. The second kappa shape index (κ2) is 8.15. The number of nitrogens with one attached hydrogen (secondary N) is 2. The average Bonchev–Trinajstić information content (AvgIpc) is 2.44. The summed E-state index contributed by atoms with van der Waals surface area (Å²) in [5, 5.41) is 6.06. The predicted molar refractivity (Wildman–Crippen MR) is 75.7 cm³/mol. The van der Waals surface area contributed by atoms with Crippen LogP contribution in [0.15, 0.2) is 0 Å². The molecule has 0 bridgehead atoms. The van der Waals surface area contributed by atoms with Gasteiger partial charge in [-0.2, -0.15) is 0 Å². The number of carbonyl (C=O) groups is 2. The van der Waals surface area contributed by atoms with Crippen molar-refractivity contribution in [1.29, 1.82) is 0 Å². The second-order valence-corrected chi connectivity index (χ2v) is 5.20. The number of nitrogens with zero attached hydrogens (tertiary/aromatic N) is 1. The van der Waals surface area contributed by atoms with E-state index in [4.69, 9.17) is 0 Å². The number of likely N-dealkylation sites (tertiary alicyclic amines) is 1. The Hall–Kier alpha value is -1.10. The lowest BCUT2D eigenvalue weighted by molar-refractivity contribution is -0.138. The van der Waals surface area contributed by atoms with Crippen LogP contribution in [-0.2, 0) is 9.59 Å². The van der Waals surface area contributed by atoms with Gasteiger partial charge in [0.2, 0.25) is 11.8 Å². The van der Waals surface area contributed by atoms with Crippen LogP contribution in [-0.4, -0.2) is 49.4 Å². The first-order valence-corrected chi connectivity index (χ1v) is 7.37. The van der Waals surface area contributed by atoms with Crippen LogP contribution in [0.4, 0.5) is 0 Å². The van der Waals surface area contributed by atoms with E-state index < -0.39 is 0 Å². The minimum Gasteiger partial charge on any atom is -0.356 e. The van der Waals surface area contributed by atoms with E-state index >= 15 is 0 Å². The third-order valence-corrected chi connectivity index (χ3v) is 3.65.